The highest BCUT2D eigenvalue weighted by Gasteiger charge is 2.36. The van der Waals surface area contributed by atoms with Crippen molar-refractivity contribution in [2.45, 2.75) is 12.1 Å². The molecule has 1 atom stereocenters. The number of rotatable bonds is 3. The Bertz CT molecular complexity index is 1270. The van der Waals surface area contributed by atoms with Crippen molar-refractivity contribution in [3.05, 3.63) is 89.7 Å². The van der Waals surface area contributed by atoms with E-state index in [1.807, 2.05) is 66.7 Å². The predicted molar refractivity (Wildman–Crippen MR) is 122 cm³/mol. The van der Waals surface area contributed by atoms with Gasteiger partial charge < -0.3 is 16.4 Å². The number of hydrogen-bond acceptors (Lipinski definition) is 6. The average molecular weight is 415 g/mol. The van der Waals surface area contributed by atoms with Gasteiger partial charge in [0.05, 0.1) is 22.4 Å². The molecule has 0 spiro atoms. The number of nitrogens with two attached hydrogens (primary N) is 1. The van der Waals surface area contributed by atoms with Crippen molar-refractivity contribution in [3.8, 4) is 0 Å². The molecular formula is C23H19ClN6. The molecule has 6 nitrogen and oxygen atoms in total. The molecule has 0 saturated heterocycles. The molecule has 0 saturated carbocycles. The normalized spacial score (nSPS) is 17.7. The molecule has 4 aromatic rings. The quantitative estimate of drug-likeness (QED) is 0.450. The number of nitrogens with zero attached hydrogens (tertiary/aromatic N) is 3. The zero-order valence-corrected chi connectivity index (χ0v) is 16.8. The maximum absolute atomic E-state index is 6.89. The first-order valence-corrected chi connectivity index (χ1v) is 9.95. The number of anilines is 2. The van der Waals surface area contributed by atoms with Crippen molar-refractivity contribution in [2.75, 3.05) is 10.6 Å². The summed E-state index contributed by atoms with van der Waals surface area (Å²) < 4.78 is 0. The molecule has 30 heavy (non-hydrogen) atoms. The van der Waals surface area contributed by atoms with Crippen molar-refractivity contribution in [2.24, 2.45) is 10.7 Å². The molecule has 1 aliphatic rings. The number of para-hydroxylation sites is 2. The zero-order chi connectivity index (χ0) is 20.6. The predicted octanol–water partition coefficient (Wildman–Crippen LogP) is 4.75. The maximum Gasteiger partial charge on any atom is 0.150 e. The van der Waals surface area contributed by atoms with Crippen LogP contribution in [0.25, 0.3) is 11.0 Å². The molecule has 7 heteroatoms. The minimum atomic E-state index is -0.976. The Morgan fingerprint density at radius 1 is 0.933 bits per heavy atom. The van der Waals surface area contributed by atoms with E-state index in [2.05, 4.69) is 20.6 Å². The molecule has 5 rings (SSSR count). The minimum absolute atomic E-state index is 0.459. The summed E-state index contributed by atoms with van der Waals surface area (Å²) in [6.07, 6.45) is 3.81. The number of nitrogens with one attached hydrogen (secondary N) is 2. The summed E-state index contributed by atoms with van der Waals surface area (Å²) in [6.45, 7) is 0. The topological polar surface area (TPSA) is 88.2 Å². The number of hydrogen-bond donors (Lipinski definition) is 3. The number of halogens is 1. The van der Waals surface area contributed by atoms with E-state index in [0.717, 1.165) is 33.7 Å². The van der Waals surface area contributed by atoms with Crippen LogP contribution in [0.5, 0.6) is 0 Å². The van der Waals surface area contributed by atoms with Crippen molar-refractivity contribution >= 4 is 45.5 Å². The second kappa shape index (κ2) is 7.40. The molecule has 0 aliphatic carbocycles. The third-order valence-electron chi connectivity index (χ3n) is 5.08. The summed E-state index contributed by atoms with van der Waals surface area (Å²) in [7, 11) is 0. The average Bonchev–Trinajstić information content (AvgIpc) is 2.76. The Labute approximate surface area is 178 Å². The van der Waals surface area contributed by atoms with Gasteiger partial charge in [-0.25, -0.2) is 4.99 Å². The summed E-state index contributed by atoms with van der Waals surface area (Å²) >= 11 is 6.42. The summed E-state index contributed by atoms with van der Waals surface area (Å²) in [4.78, 5) is 13.5. The lowest BCUT2D eigenvalue weighted by Gasteiger charge is -2.37. The van der Waals surface area contributed by atoms with Gasteiger partial charge in [-0.15, -0.1) is 0 Å². The van der Waals surface area contributed by atoms with E-state index >= 15 is 0 Å². The van der Waals surface area contributed by atoms with Gasteiger partial charge in [0, 0.05) is 29.5 Å². The van der Waals surface area contributed by atoms with Crippen LogP contribution in [0, 0.1) is 0 Å². The smallest absolute Gasteiger partial charge is 0.150 e. The van der Waals surface area contributed by atoms with Crippen molar-refractivity contribution < 1.29 is 0 Å². The Morgan fingerprint density at radius 2 is 1.70 bits per heavy atom. The lowest BCUT2D eigenvalue weighted by molar-refractivity contribution is 0.631. The van der Waals surface area contributed by atoms with Gasteiger partial charge in [0.15, 0.2) is 0 Å². The lowest BCUT2D eigenvalue weighted by atomic mass is 9.96. The first-order chi connectivity index (χ1) is 14.6. The van der Waals surface area contributed by atoms with Gasteiger partial charge in [0.1, 0.15) is 11.5 Å². The molecule has 148 valence electrons. The summed E-state index contributed by atoms with van der Waals surface area (Å²) in [6, 6.07) is 21.3. The van der Waals surface area contributed by atoms with Gasteiger partial charge in [0.2, 0.25) is 0 Å². The van der Waals surface area contributed by atoms with Crippen LogP contribution in [0.4, 0.5) is 17.1 Å². The lowest BCUT2D eigenvalue weighted by Crippen LogP contribution is -2.60. The molecule has 2 heterocycles. The van der Waals surface area contributed by atoms with E-state index in [1.165, 1.54) is 0 Å². The summed E-state index contributed by atoms with van der Waals surface area (Å²) in [5, 5.41) is 7.52. The summed E-state index contributed by atoms with van der Waals surface area (Å²) in [5.41, 5.74) is 11.0. The Balaban J connectivity index is 1.55. The second-order valence-electron chi connectivity index (χ2n) is 7.23. The molecule has 1 aromatic heterocycles. The molecule has 1 aliphatic heterocycles. The van der Waals surface area contributed by atoms with E-state index in [0.29, 0.717) is 17.3 Å². The molecule has 0 amide bonds. The highest BCUT2D eigenvalue weighted by molar-refractivity contribution is 6.31. The van der Waals surface area contributed by atoms with Crippen LogP contribution in [0.15, 0.2) is 84.1 Å². The fourth-order valence-electron chi connectivity index (χ4n) is 3.58. The standard InChI is InChI=1S/C23H19ClN6/c24-17-6-2-1-5-15(17)14-23(25)22(29-19-7-3-4-8-20(19)30-23)28-16-9-10-18-21(13-16)27-12-11-26-18/h1-13,30H,14,25H2,(H,28,29). The van der Waals surface area contributed by atoms with Crippen LogP contribution >= 0.6 is 11.6 Å². The Hall–Kier alpha value is -3.48. The number of amidine groups is 1. The molecule has 0 fully saturated rings. The Kier molecular flexibility index (Phi) is 4.58. The van der Waals surface area contributed by atoms with Crippen LogP contribution in [0.3, 0.4) is 0 Å². The molecule has 0 bridgehead atoms. The SMILES string of the molecule is NC1(Cc2ccccc2Cl)Nc2ccccc2N=C1Nc1ccc2nccnc2c1. The van der Waals surface area contributed by atoms with Gasteiger partial charge >= 0.3 is 0 Å². The first-order valence-electron chi connectivity index (χ1n) is 9.57. The highest BCUT2D eigenvalue weighted by atomic mass is 35.5. The number of aliphatic imine (C=N–C) groups is 1. The van der Waals surface area contributed by atoms with E-state index in [-0.39, 0.29) is 0 Å². The van der Waals surface area contributed by atoms with Crippen molar-refractivity contribution in [1.82, 2.24) is 9.97 Å². The van der Waals surface area contributed by atoms with E-state index in [4.69, 9.17) is 22.3 Å². The number of aromatic nitrogens is 2. The van der Waals surface area contributed by atoms with Crippen LogP contribution in [-0.2, 0) is 6.42 Å². The molecule has 4 N–H and O–H groups in total. The van der Waals surface area contributed by atoms with Crippen LogP contribution < -0.4 is 16.4 Å². The third-order valence-corrected chi connectivity index (χ3v) is 5.44. The van der Waals surface area contributed by atoms with E-state index < -0.39 is 5.66 Å². The number of fused-ring (bicyclic) bond motifs is 2. The van der Waals surface area contributed by atoms with Gasteiger partial charge in [-0.2, -0.15) is 0 Å². The molecule has 0 radical (unpaired) electrons. The van der Waals surface area contributed by atoms with Gasteiger partial charge in [-0.05, 0) is 42.0 Å². The largest absolute Gasteiger partial charge is 0.359 e. The second-order valence-corrected chi connectivity index (χ2v) is 7.63. The van der Waals surface area contributed by atoms with Crippen molar-refractivity contribution in [3.63, 3.8) is 0 Å². The van der Waals surface area contributed by atoms with Crippen molar-refractivity contribution in [1.29, 1.82) is 0 Å². The molecular weight excluding hydrogens is 396 g/mol. The number of benzene rings is 3. The monoisotopic (exact) mass is 414 g/mol. The fraction of sp³-hybridized carbons (Fsp3) is 0.0870. The first kappa shape index (κ1) is 18.5. The van der Waals surface area contributed by atoms with E-state index in [9.17, 15) is 0 Å². The minimum Gasteiger partial charge on any atom is -0.359 e. The fourth-order valence-corrected chi connectivity index (χ4v) is 3.79. The van der Waals surface area contributed by atoms with Crippen LogP contribution in [0.1, 0.15) is 5.56 Å². The maximum atomic E-state index is 6.89. The van der Waals surface area contributed by atoms with Gasteiger partial charge in [0.25, 0.3) is 0 Å². The van der Waals surface area contributed by atoms with Gasteiger partial charge in [-0.1, -0.05) is 41.9 Å². The zero-order valence-electron chi connectivity index (χ0n) is 16.0. The highest BCUT2D eigenvalue weighted by Crippen LogP contribution is 2.34. The molecule has 3 aromatic carbocycles. The van der Waals surface area contributed by atoms with Crippen LogP contribution in [0.2, 0.25) is 5.02 Å². The Morgan fingerprint density at radius 3 is 2.57 bits per heavy atom. The van der Waals surface area contributed by atoms with Gasteiger partial charge in [-0.3, -0.25) is 9.97 Å². The van der Waals surface area contributed by atoms with Crippen LogP contribution in [-0.4, -0.2) is 21.5 Å². The summed E-state index contributed by atoms with van der Waals surface area (Å²) in [5.74, 6) is 0.601. The van der Waals surface area contributed by atoms with E-state index in [1.54, 1.807) is 12.4 Å². The third kappa shape index (κ3) is 3.47. The molecule has 1 unspecified atom stereocenters.